The number of hydrogen-bond donors (Lipinski definition) is 5. The van der Waals surface area contributed by atoms with Gasteiger partial charge in [-0.25, -0.2) is 19.6 Å². The number of likely N-dealkylation sites (tertiary alicyclic amines) is 1. The van der Waals surface area contributed by atoms with Crippen molar-refractivity contribution in [2.24, 2.45) is 11.8 Å². The van der Waals surface area contributed by atoms with Crippen LogP contribution >= 0.6 is 11.3 Å². The first-order valence-corrected chi connectivity index (χ1v) is 21.0. The molecule has 3 atom stereocenters. The second kappa shape index (κ2) is 16.0. The number of nitrogens with zero attached hydrogens (tertiary/aromatic N) is 3. The van der Waals surface area contributed by atoms with Crippen molar-refractivity contribution in [3.05, 3.63) is 72.3 Å². The zero-order valence-corrected chi connectivity index (χ0v) is 34.9. The first-order chi connectivity index (χ1) is 28.4. The Hall–Kier alpha value is -5.96. The van der Waals surface area contributed by atoms with Crippen LogP contribution in [0.4, 0.5) is 9.59 Å². The van der Waals surface area contributed by atoms with E-state index in [1.54, 1.807) is 11.3 Å². The number of imidazole rings is 2. The summed E-state index contributed by atoms with van der Waals surface area (Å²) in [5.41, 5.74) is 5.00. The molecule has 0 spiro atoms. The molecule has 0 unspecified atom stereocenters. The number of thiophene rings is 1. The number of aromatic amines is 2. The quantitative estimate of drug-likeness (QED) is 0.0874. The summed E-state index contributed by atoms with van der Waals surface area (Å²) in [5.74, 6) is 0.816. The fourth-order valence-corrected chi connectivity index (χ4v) is 9.35. The maximum Gasteiger partial charge on any atom is 0.407 e. The zero-order valence-electron chi connectivity index (χ0n) is 34.1. The van der Waals surface area contributed by atoms with Crippen LogP contribution in [0, 0.1) is 11.8 Å². The molecule has 3 aromatic carbocycles. The highest BCUT2D eigenvalue weighted by molar-refractivity contribution is 7.18. The van der Waals surface area contributed by atoms with E-state index in [-0.39, 0.29) is 29.7 Å². The number of aromatic nitrogens is 4. The van der Waals surface area contributed by atoms with Crippen LogP contribution in [-0.4, -0.2) is 81.7 Å². The predicted octanol–water partition coefficient (Wildman–Crippen LogP) is 7.91. The molecule has 4 heterocycles. The summed E-state index contributed by atoms with van der Waals surface area (Å²) in [6.07, 6.45) is 2.81. The molecule has 3 aromatic heterocycles. The lowest BCUT2D eigenvalue weighted by atomic mass is 9.75. The van der Waals surface area contributed by atoms with Gasteiger partial charge in [0, 0.05) is 21.7 Å². The minimum atomic E-state index is -0.736. The molecule has 1 saturated carbocycles. The Morgan fingerprint density at radius 3 is 2.14 bits per heavy atom. The Balaban J connectivity index is 1.01. The van der Waals surface area contributed by atoms with Gasteiger partial charge >= 0.3 is 12.2 Å². The van der Waals surface area contributed by atoms with Crippen LogP contribution in [-0.2, 0) is 24.6 Å². The molecule has 0 bridgehead atoms. The van der Waals surface area contributed by atoms with Gasteiger partial charge in [0.25, 0.3) is 0 Å². The summed E-state index contributed by atoms with van der Waals surface area (Å²) in [7, 11) is 2.58. The summed E-state index contributed by atoms with van der Waals surface area (Å²) >= 11 is 1.71. The minimum absolute atomic E-state index is 0.111. The van der Waals surface area contributed by atoms with Crippen molar-refractivity contribution in [3.8, 4) is 20.9 Å². The van der Waals surface area contributed by atoms with Crippen molar-refractivity contribution in [3.63, 3.8) is 0 Å². The Morgan fingerprint density at radius 2 is 1.47 bits per heavy atom. The Kier molecular flexibility index (Phi) is 10.8. The number of alkyl carbamates (subject to hydrolysis) is 2. The molecule has 2 aliphatic rings. The number of ether oxygens (including phenoxy) is 2. The summed E-state index contributed by atoms with van der Waals surface area (Å²) in [4.78, 5) is 72.2. The molecule has 1 aliphatic carbocycles. The van der Waals surface area contributed by atoms with E-state index >= 15 is 0 Å². The predicted molar refractivity (Wildman–Crippen MR) is 228 cm³/mol. The summed E-state index contributed by atoms with van der Waals surface area (Å²) in [6.45, 7) is 8.18. The number of H-pyrrole nitrogens is 2. The molecular weight excluding hydrogens is 769 g/mol. The standard InChI is InChI=1S/C44H50N8O6S/c1-23(2)35(49-42(55)57-5)39(53)51-44(18-8-19-44)41-46-29-14-12-27(22-31(29)47-41)34-17-16-33(59-34)26-10-13-28-25(21-26)11-15-30-37(28)48-38(45-30)32-9-7-20-52(32)40(54)36(24(3)4)50-43(56)58-6/h10-17,21-24,32,35-36H,7-9,18-20H2,1-6H3,(H,45,48)(H,46,47)(H,49,55)(H,50,56)(H,51,53)/t32-,35-,36-/m0/s1. The first-order valence-electron chi connectivity index (χ1n) is 20.2. The average Bonchev–Trinajstić information content (AvgIpc) is 4.04. The lowest BCUT2D eigenvalue weighted by Crippen LogP contribution is -2.58. The van der Waals surface area contributed by atoms with E-state index in [4.69, 9.17) is 19.4 Å². The number of nitrogens with one attached hydrogen (secondary N) is 5. The first kappa shape index (κ1) is 39.8. The second-order valence-corrected chi connectivity index (χ2v) is 17.4. The summed E-state index contributed by atoms with van der Waals surface area (Å²) in [5, 5.41) is 10.7. The van der Waals surface area contributed by atoms with Crippen molar-refractivity contribution in [2.75, 3.05) is 20.8 Å². The Bertz CT molecular complexity index is 2570. The number of fused-ring (bicyclic) bond motifs is 4. The van der Waals surface area contributed by atoms with Crippen molar-refractivity contribution in [2.45, 2.75) is 83.5 Å². The van der Waals surface area contributed by atoms with Gasteiger partial charge in [-0.1, -0.05) is 52.0 Å². The van der Waals surface area contributed by atoms with E-state index in [9.17, 15) is 19.2 Å². The molecule has 0 radical (unpaired) electrons. The maximum absolute atomic E-state index is 13.7. The van der Waals surface area contributed by atoms with Gasteiger partial charge in [0.1, 0.15) is 23.7 Å². The lowest BCUT2D eigenvalue weighted by molar-refractivity contribution is -0.135. The zero-order chi connectivity index (χ0) is 41.6. The highest BCUT2D eigenvalue weighted by Gasteiger charge is 2.44. The number of benzene rings is 3. The minimum Gasteiger partial charge on any atom is -0.453 e. The largest absolute Gasteiger partial charge is 0.453 e. The number of hydrogen-bond acceptors (Lipinski definition) is 9. The smallest absolute Gasteiger partial charge is 0.407 e. The summed E-state index contributed by atoms with van der Waals surface area (Å²) < 4.78 is 9.54. The van der Waals surface area contributed by atoms with Crippen molar-refractivity contribution < 1.29 is 28.7 Å². The van der Waals surface area contributed by atoms with Crippen LogP contribution in [0.2, 0.25) is 0 Å². The SMILES string of the molecule is COC(=O)N[C@H](C(=O)NC1(c2nc3ccc(-c4ccc(-c5ccc6c(ccc7[nH]c([C@@H]8CCCN8C(=O)[C@@H](NC(=O)OC)C(C)C)nc76)c5)s4)cc3[nH]2)CCC1)C(C)C. The van der Waals surface area contributed by atoms with Gasteiger partial charge in [-0.15, -0.1) is 11.3 Å². The van der Waals surface area contributed by atoms with E-state index in [0.717, 1.165) is 91.6 Å². The van der Waals surface area contributed by atoms with Crippen LogP contribution in [0.15, 0.2) is 60.7 Å². The number of methoxy groups -OCH3 is 2. The van der Waals surface area contributed by atoms with E-state index in [0.29, 0.717) is 12.4 Å². The van der Waals surface area contributed by atoms with Gasteiger partial charge < -0.3 is 40.3 Å². The van der Waals surface area contributed by atoms with E-state index in [1.807, 2.05) is 44.7 Å². The molecule has 8 rings (SSSR count). The van der Waals surface area contributed by atoms with Gasteiger partial charge in [0.2, 0.25) is 11.8 Å². The molecule has 14 nitrogen and oxygen atoms in total. The van der Waals surface area contributed by atoms with Crippen molar-refractivity contribution in [1.29, 1.82) is 0 Å². The van der Waals surface area contributed by atoms with Crippen molar-refractivity contribution in [1.82, 2.24) is 40.8 Å². The van der Waals surface area contributed by atoms with Gasteiger partial charge in [-0.2, -0.15) is 0 Å². The third-order valence-corrected chi connectivity index (χ3v) is 13.0. The third kappa shape index (κ3) is 7.59. The number of carbonyl (C=O) groups is 4. The second-order valence-electron chi connectivity index (χ2n) is 16.3. The topological polar surface area (TPSA) is 183 Å². The number of rotatable bonds is 11. The van der Waals surface area contributed by atoms with Crippen LogP contribution in [0.3, 0.4) is 0 Å². The monoisotopic (exact) mass is 818 g/mol. The van der Waals surface area contributed by atoms with Crippen LogP contribution < -0.4 is 16.0 Å². The van der Waals surface area contributed by atoms with Gasteiger partial charge in [0.15, 0.2) is 0 Å². The third-order valence-electron chi connectivity index (χ3n) is 11.8. The molecule has 1 saturated heterocycles. The molecule has 15 heteroatoms. The summed E-state index contributed by atoms with van der Waals surface area (Å²) in [6, 6.07) is 19.4. The molecule has 308 valence electrons. The van der Waals surface area contributed by atoms with Crippen LogP contribution in [0.1, 0.15) is 77.5 Å². The van der Waals surface area contributed by atoms with Crippen LogP contribution in [0.25, 0.3) is 53.7 Å². The van der Waals surface area contributed by atoms with E-state index in [1.165, 1.54) is 14.2 Å². The Labute approximate surface area is 345 Å². The highest BCUT2D eigenvalue weighted by atomic mass is 32.1. The molecule has 5 N–H and O–H groups in total. The average molecular weight is 819 g/mol. The van der Waals surface area contributed by atoms with E-state index in [2.05, 4.69) is 74.4 Å². The number of carbonyl (C=O) groups excluding carboxylic acids is 4. The molecular formula is C44H50N8O6S. The lowest BCUT2D eigenvalue weighted by Gasteiger charge is -2.42. The highest BCUT2D eigenvalue weighted by Crippen LogP contribution is 2.42. The fraction of sp³-hybridized carbons (Fsp3) is 0.409. The normalized spacial score (nSPS) is 17.3. The van der Waals surface area contributed by atoms with E-state index < -0.39 is 29.8 Å². The fourth-order valence-electron chi connectivity index (χ4n) is 8.35. The maximum atomic E-state index is 13.7. The molecule has 6 aromatic rings. The van der Waals surface area contributed by atoms with Gasteiger partial charge in [-0.3, -0.25) is 9.59 Å². The molecule has 59 heavy (non-hydrogen) atoms. The Morgan fingerprint density at radius 1 is 0.797 bits per heavy atom. The van der Waals surface area contributed by atoms with Gasteiger partial charge in [-0.05, 0) is 96.9 Å². The molecule has 2 fully saturated rings. The van der Waals surface area contributed by atoms with Crippen LogP contribution in [0.5, 0.6) is 0 Å². The van der Waals surface area contributed by atoms with Gasteiger partial charge in [0.05, 0.1) is 47.9 Å². The molecule has 4 amide bonds. The molecule has 1 aliphatic heterocycles. The van der Waals surface area contributed by atoms with Crippen molar-refractivity contribution >= 4 is 68.2 Å². The number of amides is 4.